The minimum absolute atomic E-state index is 0.0245. The third-order valence-corrected chi connectivity index (χ3v) is 14.1. The fourth-order valence-electron chi connectivity index (χ4n) is 10.4. The van der Waals surface area contributed by atoms with Crippen molar-refractivity contribution in [3.8, 4) is 23.0 Å². The van der Waals surface area contributed by atoms with Crippen molar-refractivity contribution in [1.29, 1.82) is 0 Å². The second kappa shape index (κ2) is 18.3. The molecular formula is C56H82N4O4+2. The molecular weight excluding hydrogens is 793 g/mol. The number of hydrogen-bond donors (Lipinski definition) is 2. The smallest absolute Gasteiger partial charge is 0.134 e. The van der Waals surface area contributed by atoms with Crippen LogP contribution in [0, 0.1) is 0 Å². The van der Waals surface area contributed by atoms with Crippen LogP contribution in [0.4, 0.5) is 0 Å². The highest BCUT2D eigenvalue weighted by Crippen LogP contribution is 2.40. The van der Waals surface area contributed by atoms with Crippen molar-refractivity contribution in [2.75, 3.05) is 68.0 Å². The molecule has 0 radical (unpaired) electrons. The van der Waals surface area contributed by atoms with Gasteiger partial charge in [-0.3, -0.25) is 0 Å². The first-order chi connectivity index (χ1) is 30.0. The molecule has 4 unspecified atom stereocenters. The van der Waals surface area contributed by atoms with Gasteiger partial charge >= 0.3 is 0 Å². The van der Waals surface area contributed by atoms with Gasteiger partial charge in [-0.15, -0.1) is 0 Å². The van der Waals surface area contributed by atoms with E-state index in [0.29, 0.717) is 0 Å². The summed E-state index contributed by atoms with van der Waals surface area (Å²) < 4.78 is 25.8. The Bertz CT molecular complexity index is 2000. The molecule has 2 saturated heterocycles. The van der Waals surface area contributed by atoms with E-state index in [2.05, 4.69) is 141 Å². The molecule has 4 aromatic carbocycles. The second-order valence-corrected chi connectivity index (χ2v) is 23.4. The van der Waals surface area contributed by atoms with Crippen LogP contribution in [0.2, 0.25) is 0 Å². The van der Waals surface area contributed by atoms with Crippen molar-refractivity contribution in [3.05, 3.63) is 115 Å². The Kier molecular flexibility index (Phi) is 13.7. The van der Waals surface area contributed by atoms with Crippen LogP contribution >= 0.6 is 0 Å². The maximum Gasteiger partial charge on any atom is 0.134 e. The molecule has 0 spiro atoms. The molecule has 3 aliphatic rings. The van der Waals surface area contributed by atoms with Crippen molar-refractivity contribution >= 4 is 0 Å². The van der Waals surface area contributed by atoms with E-state index in [0.717, 1.165) is 102 Å². The number of methoxy groups -OCH3 is 4. The molecule has 4 aromatic rings. The Labute approximate surface area is 387 Å². The van der Waals surface area contributed by atoms with Crippen molar-refractivity contribution in [2.45, 2.75) is 144 Å². The minimum Gasteiger partial charge on any atom is -0.496 e. The predicted octanol–water partition coefficient (Wildman–Crippen LogP) is 8.12. The van der Waals surface area contributed by atoms with E-state index in [1.165, 1.54) is 66.8 Å². The van der Waals surface area contributed by atoms with Gasteiger partial charge in [-0.2, -0.15) is 0 Å². The van der Waals surface area contributed by atoms with Gasteiger partial charge in [-0.05, 0) is 78.3 Å². The Balaban J connectivity index is 1.40. The fraction of sp³-hybridized carbons (Fsp3) is 0.571. The third-order valence-electron chi connectivity index (χ3n) is 14.1. The lowest BCUT2D eigenvalue weighted by atomic mass is 9.82. The van der Waals surface area contributed by atoms with Gasteiger partial charge in [0.2, 0.25) is 0 Å². The van der Waals surface area contributed by atoms with Crippen LogP contribution < -0.4 is 28.7 Å². The molecule has 348 valence electrons. The summed E-state index contributed by atoms with van der Waals surface area (Å²) in [6, 6.07) is 19.3. The first-order valence-corrected chi connectivity index (χ1v) is 23.9. The summed E-state index contributed by atoms with van der Waals surface area (Å²) in [5, 5.41) is 0. The first-order valence-electron chi connectivity index (χ1n) is 23.9. The van der Waals surface area contributed by atoms with E-state index in [-0.39, 0.29) is 21.7 Å². The number of hydrogen-bond acceptors (Lipinski definition) is 6. The molecule has 3 heterocycles. The van der Waals surface area contributed by atoms with E-state index >= 15 is 0 Å². The van der Waals surface area contributed by atoms with E-state index in [1.54, 1.807) is 9.80 Å². The zero-order chi connectivity index (χ0) is 46.5. The van der Waals surface area contributed by atoms with E-state index in [9.17, 15) is 0 Å². The van der Waals surface area contributed by atoms with Crippen molar-refractivity contribution in [1.82, 2.24) is 9.80 Å². The van der Waals surface area contributed by atoms with Crippen LogP contribution in [0.3, 0.4) is 0 Å². The molecule has 4 atom stereocenters. The van der Waals surface area contributed by atoms with Gasteiger partial charge in [0.05, 0.1) is 54.6 Å². The minimum atomic E-state index is -0.0296. The maximum atomic E-state index is 6.46. The van der Waals surface area contributed by atoms with E-state index in [4.69, 9.17) is 18.9 Å². The normalized spacial score (nSPS) is 21.0. The number of fused-ring (bicyclic) bond motifs is 12. The Morgan fingerprint density at radius 3 is 0.891 bits per heavy atom. The van der Waals surface area contributed by atoms with Gasteiger partial charge in [-0.1, -0.05) is 119 Å². The van der Waals surface area contributed by atoms with Crippen molar-refractivity contribution in [3.63, 3.8) is 0 Å². The summed E-state index contributed by atoms with van der Waals surface area (Å²) in [6.07, 6.45) is 1.47. The molecule has 8 nitrogen and oxygen atoms in total. The van der Waals surface area contributed by atoms with Gasteiger partial charge in [0.25, 0.3) is 0 Å². The molecule has 2 fully saturated rings. The molecule has 0 aromatic heterocycles. The molecule has 8 heteroatoms. The largest absolute Gasteiger partial charge is 0.496 e. The highest BCUT2D eigenvalue weighted by molar-refractivity contribution is 5.55. The molecule has 7 rings (SSSR count). The van der Waals surface area contributed by atoms with Gasteiger partial charge < -0.3 is 28.7 Å². The average molecular weight is 875 g/mol. The van der Waals surface area contributed by atoms with Crippen LogP contribution in [0.5, 0.6) is 23.0 Å². The molecule has 12 bridgehead atoms. The second-order valence-electron chi connectivity index (χ2n) is 23.4. The number of quaternary nitrogens is 2. The predicted molar refractivity (Wildman–Crippen MR) is 262 cm³/mol. The Morgan fingerprint density at radius 1 is 0.375 bits per heavy atom. The van der Waals surface area contributed by atoms with Gasteiger partial charge in [0.1, 0.15) is 49.4 Å². The van der Waals surface area contributed by atoms with Gasteiger partial charge in [-0.25, -0.2) is 9.80 Å². The molecule has 2 N–H and O–H groups in total. The highest BCUT2D eigenvalue weighted by atomic mass is 16.5. The standard InChI is InChI=1S/C56H80N4O4/c1-53(2,3)45-23-37-21-38-24-46(54(4,5)6)28-42(50(38)62-14)32-59-19-20-60(36-59)34-44-30-48(56(10,11)12)26-40(52(44)64-16)22-39-25-47(55(7,8)9)29-43(51(39)63-15)33-58-18-17-57(35-58)31-41(27-45)49(37)61-13/h23-30H,17-22,31-36H2,1-16H3/p+2. The average Bonchev–Trinajstić information content (AvgIpc) is 3.84. The number of benzene rings is 4. The number of nitrogens with one attached hydrogen (secondary N) is 2. The van der Waals surface area contributed by atoms with Crippen molar-refractivity contribution in [2.24, 2.45) is 0 Å². The summed E-state index contributed by atoms with van der Waals surface area (Å²) >= 11 is 0. The molecule has 0 aliphatic carbocycles. The van der Waals surface area contributed by atoms with Crippen LogP contribution in [0.1, 0.15) is 150 Å². The zero-order valence-electron chi connectivity index (χ0n) is 42.6. The molecule has 3 aliphatic heterocycles. The van der Waals surface area contributed by atoms with E-state index < -0.39 is 0 Å². The quantitative estimate of drug-likeness (QED) is 0.216. The molecule has 64 heavy (non-hydrogen) atoms. The summed E-state index contributed by atoms with van der Waals surface area (Å²) in [5.41, 5.74) is 15.2. The van der Waals surface area contributed by atoms with Crippen LogP contribution in [0.15, 0.2) is 48.5 Å². The summed E-state index contributed by atoms with van der Waals surface area (Å²) in [4.78, 5) is 8.33. The summed E-state index contributed by atoms with van der Waals surface area (Å²) in [5.74, 6) is 4.02. The van der Waals surface area contributed by atoms with Crippen LogP contribution in [-0.2, 0) is 60.7 Å². The van der Waals surface area contributed by atoms with Crippen LogP contribution in [-0.4, -0.2) is 77.8 Å². The lowest BCUT2D eigenvalue weighted by Crippen LogP contribution is -3.09. The topological polar surface area (TPSA) is 52.3 Å². The SMILES string of the molecule is COc1c2cc(C(C)(C)C)cc1CN1CC[NH+](Cc3cc(C(C)(C)C)cc(c3OC)Cc3cc(C(C)(C)C)cc(c3OC)C[NH+]3CCN(Cc4cc(C(C)(C)C)cc(c4OC)C2)C3)C1. The molecule has 0 amide bonds. The Hall–Kier alpha value is -4.08. The van der Waals surface area contributed by atoms with Gasteiger partial charge in [0, 0.05) is 48.2 Å². The Morgan fingerprint density at radius 2 is 0.625 bits per heavy atom. The van der Waals surface area contributed by atoms with Crippen LogP contribution in [0.25, 0.3) is 0 Å². The number of rotatable bonds is 4. The third kappa shape index (κ3) is 10.5. The summed E-state index contributed by atoms with van der Waals surface area (Å²) in [6.45, 7) is 37.4. The summed E-state index contributed by atoms with van der Waals surface area (Å²) in [7, 11) is 7.43. The number of nitrogens with zero attached hydrogens (tertiary/aromatic N) is 2. The lowest BCUT2D eigenvalue weighted by Gasteiger charge is -2.28. The fourth-order valence-corrected chi connectivity index (χ4v) is 10.4. The van der Waals surface area contributed by atoms with Crippen molar-refractivity contribution < 1.29 is 28.7 Å². The van der Waals surface area contributed by atoms with Gasteiger partial charge in [0.15, 0.2) is 0 Å². The maximum absolute atomic E-state index is 6.46. The first kappa shape index (κ1) is 47.9. The highest BCUT2D eigenvalue weighted by Gasteiger charge is 2.33. The van der Waals surface area contributed by atoms with E-state index in [1.807, 2.05) is 28.4 Å². The monoisotopic (exact) mass is 875 g/mol. The molecule has 0 saturated carbocycles. The zero-order valence-corrected chi connectivity index (χ0v) is 42.6. The lowest BCUT2D eigenvalue weighted by molar-refractivity contribution is -0.906. The number of ether oxygens (including phenoxy) is 4.